The van der Waals surface area contributed by atoms with Crippen LogP contribution in [0, 0.1) is 0 Å². The van der Waals surface area contributed by atoms with Crippen molar-refractivity contribution >= 4 is 19.8 Å². The van der Waals surface area contributed by atoms with Gasteiger partial charge in [0.2, 0.25) is 0 Å². The zero-order valence-electron chi connectivity index (χ0n) is 47.1. The van der Waals surface area contributed by atoms with Crippen molar-refractivity contribution in [1.29, 1.82) is 0 Å². The summed E-state index contributed by atoms with van der Waals surface area (Å²) in [6.07, 6.45) is 70.7. The Morgan fingerprint density at radius 1 is 0.444 bits per heavy atom. The number of carbonyl (C=O) groups is 2. The van der Waals surface area contributed by atoms with E-state index in [1.807, 2.05) is 21.1 Å². The zero-order chi connectivity index (χ0) is 52.7. The number of likely N-dealkylation sites (N-methyl/N-ethyl adjacent to an activating group) is 1. The fourth-order valence-electron chi connectivity index (χ4n) is 7.90. The van der Waals surface area contributed by atoms with E-state index < -0.39 is 26.5 Å². The van der Waals surface area contributed by atoms with Gasteiger partial charge in [-0.25, -0.2) is 4.57 Å². The Kier molecular flexibility index (Phi) is 51.0. The average molecular weight is 1030 g/mol. The van der Waals surface area contributed by atoms with Crippen LogP contribution in [0.5, 0.6) is 0 Å². The van der Waals surface area contributed by atoms with Gasteiger partial charge in [0.15, 0.2) is 6.10 Å². The summed E-state index contributed by atoms with van der Waals surface area (Å²) in [5.41, 5.74) is 0. The van der Waals surface area contributed by atoms with E-state index in [9.17, 15) is 19.0 Å². The van der Waals surface area contributed by atoms with Crippen molar-refractivity contribution in [2.45, 2.75) is 251 Å². The molecule has 0 radical (unpaired) electrons. The number of esters is 2. The highest BCUT2D eigenvalue weighted by Gasteiger charge is 2.27. The van der Waals surface area contributed by atoms with Gasteiger partial charge in [-0.1, -0.05) is 227 Å². The highest BCUT2D eigenvalue weighted by molar-refractivity contribution is 7.47. The molecule has 0 saturated heterocycles. The molecular formula is C62H111NO8P+. The smallest absolute Gasteiger partial charge is 0.462 e. The van der Waals surface area contributed by atoms with Gasteiger partial charge >= 0.3 is 19.8 Å². The van der Waals surface area contributed by atoms with E-state index in [1.165, 1.54) is 116 Å². The third kappa shape index (κ3) is 56.5. The Balaban J connectivity index is 4.22. The lowest BCUT2D eigenvalue weighted by atomic mass is 10.0. The van der Waals surface area contributed by atoms with Crippen LogP contribution in [0.1, 0.15) is 245 Å². The monoisotopic (exact) mass is 1030 g/mol. The normalized spacial score (nSPS) is 13.9. The Bertz CT molecular complexity index is 1490. The van der Waals surface area contributed by atoms with E-state index in [0.717, 1.165) is 96.3 Å². The molecule has 0 amide bonds. The zero-order valence-corrected chi connectivity index (χ0v) is 48.0. The Hall–Kier alpha value is -2.81. The molecule has 0 fully saturated rings. The van der Waals surface area contributed by atoms with Gasteiger partial charge in [0, 0.05) is 12.8 Å². The minimum atomic E-state index is -4.40. The molecule has 0 aliphatic carbocycles. The maximum Gasteiger partial charge on any atom is 0.472 e. The number of ether oxygens (including phenoxy) is 2. The largest absolute Gasteiger partial charge is 0.472 e. The molecule has 1 N–H and O–H groups in total. The third-order valence-corrected chi connectivity index (χ3v) is 13.4. The first kappa shape index (κ1) is 69.2. The minimum absolute atomic E-state index is 0.0248. The summed E-state index contributed by atoms with van der Waals surface area (Å²) in [6, 6.07) is 0. The van der Waals surface area contributed by atoms with Crippen molar-refractivity contribution in [3.63, 3.8) is 0 Å². The van der Waals surface area contributed by atoms with Crippen molar-refractivity contribution in [2.24, 2.45) is 0 Å². The second-order valence-corrected chi connectivity index (χ2v) is 22.1. The van der Waals surface area contributed by atoms with Crippen LogP contribution in [0.25, 0.3) is 0 Å². The molecule has 0 spiro atoms. The Labute approximate surface area is 443 Å². The van der Waals surface area contributed by atoms with Gasteiger partial charge in [0.1, 0.15) is 19.8 Å². The molecule has 0 rings (SSSR count). The Morgan fingerprint density at radius 2 is 0.792 bits per heavy atom. The number of unbranched alkanes of at least 4 members (excludes halogenated alkanes) is 25. The molecule has 0 aromatic carbocycles. The molecule has 416 valence electrons. The fraction of sp³-hybridized carbons (Fsp3) is 0.742. The van der Waals surface area contributed by atoms with Gasteiger partial charge in [0.25, 0.3) is 0 Å². The van der Waals surface area contributed by atoms with Crippen LogP contribution in [-0.2, 0) is 32.7 Å². The fourth-order valence-corrected chi connectivity index (χ4v) is 8.64. The van der Waals surface area contributed by atoms with Crippen LogP contribution in [0.4, 0.5) is 0 Å². The number of hydrogen-bond acceptors (Lipinski definition) is 7. The summed E-state index contributed by atoms with van der Waals surface area (Å²) < 4.78 is 34.6. The molecule has 10 heteroatoms. The first-order valence-corrected chi connectivity index (χ1v) is 30.8. The molecule has 0 saturated carbocycles. The molecule has 2 unspecified atom stereocenters. The van der Waals surface area contributed by atoms with Crippen LogP contribution >= 0.6 is 7.82 Å². The van der Waals surface area contributed by atoms with Gasteiger partial charge in [-0.05, 0) is 89.9 Å². The number of carbonyl (C=O) groups excluding carboxylic acids is 2. The molecule has 9 nitrogen and oxygen atoms in total. The summed E-state index contributed by atoms with van der Waals surface area (Å²) in [5.74, 6) is -0.814. The van der Waals surface area contributed by atoms with Gasteiger partial charge in [0.05, 0.1) is 27.7 Å². The molecular weight excluding hydrogens is 918 g/mol. The number of rotatable bonds is 53. The number of phosphoric ester groups is 1. The topological polar surface area (TPSA) is 108 Å². The van der Waals surface area contributed by atoms with Gasteiger partial charge in [-0.2, -0.15) is 0 Å². The van der Waals surface area contributed by atoms with E-state index in [-0.39, 0.29) is 32.0 Å². The van der Waals surface area contributed by atoms with E-state index in [1.54, 1.807) is 0 Å². The molecule has 0 bridgehead atoms. The van der Waals surface area contributed by atoms with Gasteiger partial charge in [-0.3, -0.25) is 18.6 Å². The number of quaternary nitrogens is 1. The summed E-state index contributed by atoms with van der Waals surface area (Å²) >= 11 is 0. The molecule has 0 heterocycles. The highest BCUT2D eigenvalue weighted by atomic mass is 31.2. The van der Waals surface area contributed by atoms with Crippen molar-refractivity contribution < 1.29 is 42.1 Å². The third-order valence-electron chi connectivity index (χ3n) is 12.4. The van der Waals surface area contributed by atoms with E-state index in [0.29, 0.717) is 17.4 Å². The van der Waals surface area contributed by atoms with E-state index in [2.05, 4.69) is 98.9 Å². The average Bonchev–Trinajstić information content (AvgIpc) is 3.34. The maximum absolute atomic E-state index is 12.8. The van der Waals surface area contributed by atoms with Crippen LogP contribution < -0.4 is 0 Å². The van der Waals surface area contributed by atoms with Crippen LogP contribution in [0.15, 0.2) is 85.1 Å². The lowest BCUT2D eigenvalue weighted by molar-refractivity contribution is -0.870. The lowest BCUT2D eigenvalue weighted by Gasteiger charge is -2.24. The van der Waals surface area contributed by atoms with Gasteiger partial charge < -0.3 is 18.9 Å². The number of phosphoric acid groups is 1. The predicted molar refractivity (Wildman–Crippen MR) is 307 cm³/mol. The molecule has 0 aromatic heterocycles. The van der Waals surface area contributed by atoms with Crippen molar-refractivity contribution in [2.75, 3.05) is 47.5 Å². The lowest BCUT2D eigenvalue weighted by Crippen LogP contribution is -2.37. The first-order valence-electron chi connectivity index (χ1n) is 29.3. The standard InChI is InChI=1S/C62H110NO8P/c1-6-8-10-12-14-16-18-20-22-24-26-28-30-31-33-35-37-39-41-43-45-47-49-51-53-55-62(65)71-60(59-70-72(66,67)69-57-56-63(3,4)5)58-68-61(64)54-52-50-48-46-44-42-40-38-36-34-32-29-27-25-23-21-19-17-15-13-11-9-7-2/h8,10,14,16,20,22,25-28,31,33,37,39,60H,6-7,9,11-13,15,17-19,21,23-24,29-30,32,34-36,38,40-59H2,1-5H3/p+1/b10-8-,16-14-,22-20-,27-25-,28-26-,33-31-,39-37-. The molecule has 0 aliphatic heterocycles. The number of allylic oxidation sites excluding steroid dienone is 14. The second-order valence-electron chi connectivity index (χ2n) is 20.6. The summed E-state index contributed by atoms with van der Waals surface area (Å²) in [7, 11) is 1.46. The predicted octanol–water partition coefficient (Wildman–Crippen LogP) is 18.3. The highest BCUT2D eigenvalue weighted by Crippen LogP contribution is 2.43. The van der Waals surface area contributed by atoms with Crippen molar-refractivity contribution in [3.05, 3.63) is 85.1 Å². The molecule has 72 heavy (non-hydrogen) atoms. The van der Waals surface area contributed by atoms with Gasteiger partial charge in [-0.15, -0.1) is 0 Å². The molecule has 0 aromatic rings. The number of nitrogens with zero attached hydrogens (tertiary/aromatic N) is 1. The summed E-state index contributed by atoms with van der Waals surface area (Å²) in [5, 5.41) is 0. The molecule has 0 aliphatic rings. The first-order chi connectivity index (χ1) is 35.0. The Morgan fingerprint density at radius 3 is 1.19 bits per heavy atom. The van der Waals surface area contributed by atoms with E-state index >= 15 is 0 Å². The van der Waals surface area contributed by atoms with Crippen LogP contribution in [-0.4, -0.2) is 74.9 Å². The quantitative estimate of drug-likeness (QED) is 0.0211. The van der Waals surface area contributed by atoms with Crippen molar-refractivity contribution in [3.8, 4) is 0 Å². The number of hydrogen-bond donors (Lipinski definition) is 1. The minimum Gasteiger partial charge on any atom is -0.462 e. The SMILES string of the molecule is CC/C=C\C/C=C\C/C=C\C/C=C\C/C=C\C/C=C\CCCCCCCCC(=O)OC(COC(=O)CCCCCCCCCCCCC/C=C\CCCCCCCCCC)COP(=O)(O)OCC[N+](C)(C)C. The van der Waals surface area contributed by atoms with Crippen LogP contribution in [0.3, 0.4) is 0 Å². The molecule has 2 atom stereocenters. The second kappa shape index (κ2) is 53.0. The summed E-state index contributed by atoms with van der Waals surface area (Å²) in [6.45, 7) is 4.31. The van der Waals surface area contributed by atoms with Crippen molar-refractivity contribution in [1.82, 2.24) is 0 Å². The maximum atomic E-state index is 12.8. The summed E-state index contributed by atoms with van der Waals surface area (Å²) in [4.78, 5) is 35.7. The van der Waals surface area contributed by atoms with E-state index in [4.69, 9.17) is 18.5 Å². The van der Waals surface area contributed by atoms with Crippen LogP contribution in [0.2, 0.25) is 0 Å².